The molecule has 2 aromatic carbocycles. The molecule has 0 bridgehead atoms. The summed E-state index contributed by atoms with van der Waals surface area (Å²) in [6, 6.07) is 16.2. The molecule has 0 aliphatic carbocycles. The molecule has 2 heterocycles. The van der Waals surface area contributed by atoms with Crippen LogP contribution in [0.2, 0.25) is 0 Å². The number of benzene rings is 2. The number of carbonyl (C=O) groups is 1. The first kappa shape index (κ1) is 15.5. The molecule has 0 atom stereocenters. The van der Waals surface area contributed by atoms with E-state index in [1.54, 1.807) is 16.9 Å². The second kappa shape index (κ2) is 6.49. The molecular formula is C19H16N4OS. The molecule has 0 aliphatic rings. The third kappa shape index (κ3) is 3.16. The van der Waals surface area contributed by atoms with Crippen molar-refractivity contribution in [3.8, 4) is 11.3 Å². The van der Waals surface area contributed by atoms with Crippen molar-refractivity contribution in [3.63, 3.8) is 0 Å². The molecule has 0 spiro atoms. The van der Waals surface area contributed by atoms with Crippen molar-refractivity contribution in [1.29, 1.82) is 0 Å². The highest BCUT2D eigenvalue weighted by molar-refractivity contribution is 7.14. The molecule has 4 aromatic rings. The average Bonchev–Trinajstić information content (AvgIpc) is 3.30. The highest BCUT2D eigenvalue weighted by Crippen LogP contribution is 2.27. The predicted molar refractivity (Wildman–Crippen MR) is 101 cm³/mol. The van der Waals surface area contributed by atoms with Crippen molar-refractivity contribution in [1.82, 2.24) is 14.8 Å². The van der Waals surface area contributed by atoms with Gasteiger partial charge in [-0.3, -0.25) is 14.8 Å². The first-order chi connectivity index (χ1) is 12.2. The summed E-state index contributed by atoms with van der Waals surface area (Å²) in [5.41, 5.74) is 2.28. The number of fused-ring (bicyclic) bond motifs is 1. The minimum Gasteiger partial charge on any atom is -0.296 e. The monoisotopic (exact) mass is 348 g/mol. The summed E-state index contributed by atoms with van der Waals surface area (Å²) in [5.74, 6) is -0.244. The maximum absolute atomic E-state index is 12.2. The largest absolute Gasteiger partial charge is 0.296 e. The van der Waals surface area contributed by atoms with Crippen LogP contribution in [-0.2, 0) is 6.54 Å². The quantitative estimate of drug-likeness (QED) is 0.593. The van der Waals surface area contributed by atoms with Gasteiger partial charge < -0.3 is 0 Å². The van der Waals surface area contributed by atoms with Gasteiger partial charge in [0.2, 0.25) is 0 Å². The SMILES string of the molecule is CCn1ccc(C(=O)Nc2nc(-c3ccc4ccccc4c3)cs2)n1. The van der Waals surface area contributed by atoms with Crippen LogP contribution >= 0.6 is 11.3 Å². The van der Waals surface area contributed by atoms with E-state index in [2.05, 4.69) is 39.7 Å². The van der Waals surface area contributed by atoms with E-state index < -0.39 is 0 Å². The van der Waals surface area contributed by atoms with E-state index in [1.165, 1.54) is 22.1 Å². The smallest absolute Gasteiger partial charge is 0.277 e. The van der Waals surface area contributed by atoms with Gasteiger partial charge in [0.05, 0.1) is 5.69 Å². The lowest BCUT2D eigenvalue weighted by atomic mass is 10.1. The molecule has 0 unspecified atom stereocenters. The van der Waals surface area contributed by atoms with Crippen molar-refractivity contribution in [3.05, 3.63) is 65.8 Å². The van der Waals surface area contributed by atoms with Gasteiger partial charge in [0.25, 0.3) is 5.91 Å². The molecular weight excluding hydrogens is 332 g/mol. The van der Waals surface area contributed by atoms with Crippen LogP contribution in [-0.4, -0.2) is 20.7 Å². The molecule has 6 heteroatoms. The summed E-state index contributed by atoms with van der Waals surface area (Å²) in [6.07, 6.45) is 1.79. The van der Waals surface area contributed by atoms with Crippen LogP contribution in [0, 0.1) is 0 Å². The normalized spacial score (nSPS) is 10.9. The van der Waals surface area contributed by atoms with E-state index in [0.29, 0.717) is 10.8 Å². The molecule has 0 saturated heterocycles. The van der Waals surface area contributed by atoms with Crippen molar-refractivity contribution in [2.75, 3.05) is 5.32 Å². The first-order valence-electron chi connectivity index (χ1n) is 8.02. The van der Waals surface area contributed by atoms with Crippen LogP contribution < -0.4 is 5.32 Å². The number of aryl methyl sites for hydroxylation is 1. The molecule has 0 fully saturated rings. The summed E-state index contributed by atoms with van der Waals surface area (Å²) in [7, 11) is 0. The van der Waals surface area contributed by atoms with Crippen LogP contribution in [0.3, 0.4) is 0 Å². The number of hydrogen-bond donors (Lipinski definition) is 1. The summed E-state index contributed by atoms with van der Waals surface area (Å²) in [6.45, 7) is 2.71. The van der Waals surface area contributed by atoms with Gasteiger partial charge in [-0.05, 0) is 29.8 Å². The Morgan fingerprint density at radius 2 is 2.00 bits per heavy atom. The van der Waals surface area contributed by atoms with Crippen molar-refractivity contribution in [2.24, 2.45) is 0 Å². The summed E-state index contributed by atoms with van der Waals surface area (Å²) >= 11 is 1.41. The van der Waals surface area contributed by atoms with E-state index in [1.807, 2.05) is 30.5 Å². The molecule has 1 amide bonds. The van der Waals surface area contributed by atoms with E-state index in [9.17, 15) is 4.79 Å². The summed E-state index contributed by atoms with van der Waals surface area (Å²) < 4.78 is 1.72. The molecule has 2 aromatic heterocycles. The molecule has 124 valence electrons. The molecule has 25 heavy (non-hydrogen) atoms. The van der Waals surface area contributed by atoms with Crippen molar-refractivity contribution in [2.45, 2.75) is 13.5 Å². The molecule has 0 radical (unpaired) electrons. The van der Waals surface area contributed by atoms with E-state index in [0.717, 1.165) is 17.8 Å². The number of nitrogens with one attached hydrogen (secondary N) is 1. The standard InChI is InChI=1S/C19H16N4OS/c1-2-23-10-9-16(22-23)18(24)21-19-20-17(12-25-19)15-8-7-13-5-3-4-6-14(13)11-15/h3-12H,2H2,1H3,(H,20,21,24). The van der Waals surface area contributed by atoms with Crippen LogP contribution in [0.5, 0.6) is 0 Å². The topological polar surface area (TPSA) is 59.8 Å². The van der Waals surface area contributed by atoms with Gasteiger partial charge in [0.1, 0.15) is 0 Å². The maximum atomic E-state index is 12.2. The first-order valence-corrected chi connectivity index (χ1v) is 8.90. The predicted octanol–water partition coefficient (Wildman–Crippen LogP) is 4.43. The Hall–Kier alpha value is -2.99. The lowest BCUT2D eigenvalue weighted by molar-refractivity contribution is 0.102. The Morgan fingerprint density at radius 1 is 1.16 bits per heavy atom. The van der Waals surface area contributed by atoms with E-state index >= 15 is 0 Å². The zero-order valence-corrected chi connectivity index (χ0v) is 14.5. The second-order valence-electron chi connectivity index (χ2n) is 5.61. The molecule has 0 aliphatic heterocycles. The van der Waals surface area contributed by atoms with Crippen LogP contribution in [0.1, 0.15) is 17.4 Å². The number of rotatable bonds is 4. The highest BCUT2D eigenvalue weighted by atomic mass is 32.1. The molecule has 4 rings (SSSR count). The third-order valence-corrected chi connectivity index (χ3v) is 4.72. The number of hydrogen-bond acceptors (Lipinski definition) is 4. The number of nitrogens with zero attached hydrogens (tertiary/aromatic N) is 3. The van der Waals surface area contributed by atoms with Gasteiger partial charge in [-0.2, -0.15) is 5.10 Å². The minimum absolute atomic E-state index is 0.244. The number of thiazole rings is 1. The maximum Gasteiger partial charge on any atom is 0.277 e. The number of amides is 1. The number of carbonyl (C=O) groups excluding carboxylic acids is 1. The molecule has 1 N–H and O–H groups in total. The minimum atomic E-state index is -0.244. The van der Waals surface area contributed by atoms with E-state index in [-0.39, 0.29) is 5.91 Å². The van der Waals surface area contributed by atoms with Crippen molar-refractivity contribution >= 4 is 33.1 Å². The molecule has 0 saturated carbocycles. The van der Waals surface area contributed by atoms with Gasteiger partial charge in [0, 0.05) is 23.7 Å². The Bertz CT molecular complexity index is 1050. The lowest BCUT2D eigenvalue weighted by Crippen LogP contribution is -2.13. The fourth-order valence-corrected chi connectivity index (χ4v) is 3.35. The Balaban J connectivity index is 1.55. The van der Waals surface area contributed by atoms with Crippen LogP contribution in [0.15, 0.2) is 60.1 Å². The Kier molecular flexibility index (Phi) is 4.03. The Labute approximate surface area is 149 Å². The summed E-state index contributed by atoms with van der Waals surface area (Å²) in [4.78, 5) is 16.8. The number of anilines is 1. The third-order valence-electron chi connectivity index (χ3n) is 3.97. The van der Waals surface area contributed by atoms with Gasteiger partial charge in [0.15, 0.2) is 10.8 Å². The second-order valence-corrected chi connectivity index (χ2v) is 6.47. The fraction of sp³-hybridized carbons (Fsp3) is 0.105. The van der Waals surface area contributed by atoms with Gasteiger partial charge in [-0.25, -0.2) is 4.98 Å². The van der Waals surface area contributed by atoms with Crippen LogP contribution in [0.4, 0.5) is 5.13 Å². The van der Waals surface area contributed by atoms with Gasteiger partial charge in [-0.15, -0.1) is 11.3 Å². The Morgan fingerprint density at radius 3 is 2.80 bits per heavy atom. The number of aromatic nitrogens is 3. The fourth-order valence-electron chi connectivity index (χ4n) is 2.63. The van der Waals surface area contributed by atoms with E-state index in [4.69, 9.17) is 0 Å². The van der Waals surface area contributed by atoms with Crippen LogP contribution in [0.25, 0.3) is 22.0 Å². The highest BCUT2D eigenvalue weighted by Gasteiger charge is 2.12. The van der Waals surface area contributed by atoms with Gasteiger partial charge >= 0.3 is 0 Å². The zero-order valence-electron chi connectivity index (χ0n) is 13.6. The average molecular weight is 348 g/mol. The lowest BCUT2D eigenvalue weighted by Gasteiger charge is -2.01. The van der Waals surface area contributed by atoms with Crippen molar-refractivity contribution < 1.29 is 4.79 Å². The van der Waals surface area contributed by atoms with Gasteiger partial charge in [-0.1, -0.05) is 36.4 Å². The molecule has 5 nitrogen and oxygen atoms in total. The summed E-state index contributed by atoms with van der Waals surface area (Å²) in [5, 5.41) is 11.9. The zero-order chi connectivity index (χ0) is 17.2.